The average molecular weight is 308 g/mol. The highest BCUT2D eigenvalue weighted by Crippen LogP contribution is 2.34. The van der Waals surface area contributed by atoms with Crippen LogP contribution in [0.15, 0.2) is 55.1 Å². The first kappa shape index (κ1) is 13.3. The van der Waals surface area contributed by atoms with E-state index < -0.39 is 0 Å². The normalized spacial score (nSPS) is 12.2. The molecule has 1 aliphatic rings. The van der Waals surface area contributed by atoms with Gasteiger partial charge in [0, 0.05) is 17.3 Å². The van der Waals surface area contributed by atoms with Crippen LogP contribution in [0.25, 0.3) is 5.69 Å². The number of hydrogen-bond donors (Lipinski definition) is 1. The molecule has 114 valence electrons. The predicted molar refractivity (Wildman–Crippen MR) is 81.9 cm³/mol. The van der Waals surface area contributed by atoms with Crippen LogP contribution in [-0.2, 0) is 0 Å². The van der Waals surface area contributed by atoms with Gasteiger partial charge < -0.3 is 14.8 Å². The van der Waals surface area contributed by atoms with E-state index in [2.05, 4.69) is 15.4 Å². The van der Waals surface area contributed by atoms with E-state index in [1.54, 1.807) is 41.3 Å². The molecule has 7 nitrogen and oxygen atoms in total. The molecule has 0 bridgehead atoms. The van der Waals surface area contributed by atoms with E-state index in [0.29, 0.717) is 22.7 Å². The molecule has 4 rings (SSSR count). The Labute approximate surface area is 131 Å². The monoisotopic (exact) mass is 308 g/mol. The lowest BCUT2D eigenvalue weighted by molar-refractivity contribution is 0.102. The molecule has 1 N–H and O–H groups in total. The minimum absolute atomic E-state index is 0.200. The van der Waals surface area contributed by atoms with Gasteiger partial charge in [-0.15, -0.1) is 0 Å². The van der Waals surface area contributed by atoms with E-state index in [9.17, 15) is 4.79 Å². The molecule has 0 saturated carbocycles. The van der Waals surface area contributed by atoms with Crippen LogP contribution >= 0.6 is 0 Å². The molecular formula is C16H12N4O3. The van der Waals surface area contributed by atoms with Gasteiger partial charge in [-0.1, -0.05) is 0 Å². The summed E-state index contributed by atoms with van der Waals surface area (Å²) in [5.41, 5.74) is 2.04. The van der Waals surface area contributed by atoms with Crippen LogP contribution in [0.3, 0.4) is 0 Å². The van der Waals surface area contributed by atoms with Crippen LogP contribution in [0, 0.1) is 0 Å². The van der Waals surface area contributed by atoms with E-state index in [1.807, 2.05) is 12.1 Å². The van der Waals surface area contributed by atoms with Gasteiger partial charge in [0.05, 0.1) is 5.69 Å². The van der Waals surface area contributed by atoms with Crippen molar-refractivity contribution in [3.05, 3.63) is 60.7 Å². The first-order valence-electron chi connectivity index (χ1n) is 6.96. The van der Waals surface area contributed by atoms with Crippen LogP contribution in [0.1, 0.15) is 10.4 Å². The molecule has 0 atom stereocenters. The van der Waals surface area contributed by atoms with Crippen molar-refractivity contribution in [2.45, 2.75) is 0 Å². The first-order chi connectivity index (χ1) is 11.3. The molecule has 2 heterocycles. The van der Waals surface area contributed by atoms with E-state index >= 15 is 0 Å². The smallest absolute Gasteiger partial charge is 0.255 e. The summed E-state index contributed by atoms with van der Waals surface area (Å²) in [7, 11) is 0. The van der Waals surface area contributed by atoms with Crippen molar-refractivity contribution in [2.24, 2.45) is 0 Å². The van der Waals surface area contributed by atoms with Gasteiger partial charge in [-0.3, -0.25) is 4.79 Å². The molecule has 3 aromatic rings. The Morgan fingerprint density at radius 1 is 1.09 bits per heavy atom. The number of amides is 1. The number of benzene rings is 2. The van der Waals surface area contributed by atoms with Crippen LogP contribution in [0.2, 0.25) is 0 Å². The number of aromatic nitrogens is 3. The SMILES string of the molecule is O=C(Nc1ccc2c(c1)OCO2)c1ccc(-n2cncn2)cc1. The van der Waals surface area contributed by atoms with Gasteiger partial charge in [0.2, 0.25) is 6.79 Å². The maximum atomic E-state index is 12.3. The second-order valence-corrected chi connectivity index (χ2v) is 4.91. The van der Waals surface area contributed by atoms with Gasteiger partial charge in [0.1, 0.15) is 12.7 Å². The standard InChI is InChI=1S/C16H12N4O3/c21-16(19-12-3-6-14-15(7-12)23-10-22-14)11-1-4-13(5-2-11)20-9-17-8-18-20/h1-9H,10H2,(H,19,21). The van der Waals surface area contributed by atoms with Crippen molar-refractivity contribution in [1.82, 2.24) is 14.8 Å². The Morgan fingerprint density at radius 3 is 2.70 bits per heavy atom. The summed E-state index contributed by atoms with van der Waals surface area (Å²) in [5.74, 6) is 1.11. The highest BCUT2D eigenvalue weighted by Gasteiger charge is 2.14. The van der Waals surface area contributed by atoms with Crippen molar-refractivity contribution in [1.29, 1.82) is 0 Å². The Kier molecular flexibility index (Phi) is 3.16. The Balaban J connectivity index is 1.51. The second kappa shape index (κ2) is 5.45. The number of nitrogens with one attached hydrogen (secondary N) is 1. The zero-order chi connectivity index (χ0) is 15.6. The summed E-state index contributed by atoms with van der Waals surface area (Å²) >= 11 is 0. The molecule has 0 aliphatic carbocycles. The lowest BCUT2D eigenvalue weighted by atomic mass is 10.2. The largest absolute Gasteiger partial charge is 0.454 e. The number of carbonyl (C=O) groups is 1. The lowest BCUT2D eigenvalue weighted by Crippen LogP contribution is -2.11. The molecule has 1 aliphatic heterocycles. The molecule has 23 heavy (non-hydrogen) atoms. The van der Waals surface area contributed by atoms with E-state index in [0.717, 1.165) is 5.69 Å². The van der Waals surface area contributed by atoms with Crippen molar-refractivity contribution >= 4 is 11.6 Å². The van der Waals surface area contributed by atoms with Gasteiger partial charge in [0.25, 0.3) is 5.91 Å². The molecule has 0 fully saturated rings. The van der Waals surface area contributed by atoms with Crippen molar-refractivity contribution in [3.63, 3.8) is 0 Å². The summed E-state index contributed by atoms with van der Waals surface area (Å²) in [5, 5.41) is 6.87. The van der Waals surface area contributed by atoms with Gasteiger partial charge in [0.15, 0.2) is 11.5 Å². The van der Waals surface area contributed by atoms with Gasteiger partial charge in [-0.2, -0.15) is 5.10 Å². The highest BCUT2D eigenvalue weighted by atomic mass is 16.7. The molecule has 0 radical (unpaired) electrons. The summed E-state index contributed by atoms with van der Waals surface area (Å²) in [6, 6.07) is 12.4. The predicted octanol–water partition coefficient (Wildman–Crippen LogP) is 2.25. The minimum atomic E-state index is -0.200. The quantitative estimate of drug-likeness (QED) is 0.803. The molecule has 2 aromatic carbocycles. The lowest BCUT2D eigenvalue weighted by Gasteiger charge is -2.07. The van der Waals surface area contributed by atoms with Crippen molar-refractivity contribution in [3.8, 4) is 17.2 Å². The molecular weight excluding hydrogens is 296 g/mol. The third kappa shape index (κ3) is 2.59. The topological polar surface area (TPSA) is 78.3 Å². The maximum absolute atomic E-state index is 12.3. The fourth-order valence-electron chi connectivity index (χ4n) is 2.28. The number of hydrogen-bond acceptors (Lipinski definition) is 5. The third-order valence-electron chi connectivity index (χ3n) is 3.44. The zero-order valence-corrected chi connectivity index (χ0v) is 12.0. The Bertz CT molecular complexity index is 844. The van der Waals surface area contributed by atoms with Gasteiger partial charge in [-0.05, 0) is 36.4 Å². The van der Waals surface area contributed by atoms with Gasteiger partial charge >= 0.3 is 0 Å². The third-order valence-corrected chi connectivity index (χ3v) is 3.44. The van der Waals surface area contributed by atoms with Gasteiger partial charge in [-0.25, -0.2) is 9.67 Å². The number of ether oxygens (including phenoxy) is 2. The average Bonchev–Trinajstić information content (AvgIpc) is 3.26. The fourth-order valence-corrected chi connectivity index (χ4v) is 2.28. The van der Waals surface area contributed by atoms with E-state index in [4.69, 9.17) is 9.47 Å². The zero-order valence-electron chi connectivity index (χ0n) is 12.0. The minimum Gasteiger partial charge on any atom is -0.454 e. The fraction of sp³-hybridized carbons (Fsp3) is 0.0625. The summed E-state index contributed by atoms with van der Waals surface area (Å²) in [4.78, 5) is 16.2. The first-order valence-corrected chi connectivity index (χ1v) is 6.96. The van der Waals surface area contributed by atoms with Crippen LogP contribution in [0.5, 0.6) is 11.5 Å². The van der Waals surface area contributed by atoms with E-state index in [1.165, 1.54) is 6.33 Å². The number of fused-ring (bicyclic) bond motifs is 1. The number of carbonyl (C=O) groups excluding carboxylic acids is 1. The Hall–Kier alpha value is -3.35. The van der Waals surface area contributed by atoms with Crippen LogP contribution < -0.4 is 14.8 Å². The van der Waals surface area contributed by atoms with Crippen molar-refractivity contribution in [2.75, 3.05) is 12.1 Å². The molecule has 1 aromatic heterocycles. The second-order valence-electron chi connectivity index (χ2n) is 4.91. The summed E-state index contributed by atoms with van der Waals surface area (Å²) in [6.07, 6.45) is 3.06. The van der Waals surface area contributed by atoms with Crippen LogP contribution in [-0.4, -0.2) is 27.5 Å². The number of anilines is 1. The van der Waals surface area contributed by atoms with Crippen LogP contribution in [0.4, 0.5) is 5.69 Å². The molecule has 0 unspecified atom stereocenters. The summed E-state index contributed by atoms with van der Waals surface area (Å²) in [6.45, 7) is 0.205. The van der Waals surface area contributed by atoms with Crippen molar-refractivity contribution < 1.29 is 14.3 Å². The van der Waals surface area contributed by atoms with E-state index in [-0.39, 0.29) is 12.7 Å². The molecule has 0 spiro atoms. The Morgan fingerprint density at radius 2 is 1.91 bits per heavy atom. The molecule has 7 heteroatoms. The molecule has 1 amide bonds. The number of rotatable bonds is 3. The maximum Gasteiger partial charge on any atom is 0.255 e. The number of nitrogens with zero attached hydrogens (tertiary/aromatic N) is 3. The summed E-state index contributed by atoms with van der Waals surface area (Å²) < 4.78 is 12.2. The highest BCUT2D eigenvalue weighted by molar-refractivity contribution is 6.04. The molecule has 0 saturated heterocycles.